The maximum absolute atomic E-state index is 11.9. The van der Waals surface area contributed by atoms with Gasteiger partial charge in [-0.15, -0.1) is 0 Å². The van der Waals surface area contributed by atoms with E-state index in [9.17, 15) is 9.90 Å². The summed E-state index contributed by atoms with van der Waals surface area (Å²) in [6, 6.07) is 11.5. The second kappa shape index (κ2) is 5.92. The van der Waals surface area contributed by atoms with Gasteiger partial charge in [0.1, 0.15) is 5.75 Å². The fourth-order valence-corrected chi connectivity index (χ4v) is 1.86. The second-order valence-corrected chi connectivity index (χ2v) is 5.10. The fourth-order valence-electron chi connectivity index (χ4n) is 1.42. The number of ketones is 1. The standard InChI is InChI=1S/C15H8BrClO2/c16-11-4-1-10(2-5-11)3-7-14(18)13-9-12(17)6-8-15(13)19/h1-2,4-6,8-9,19H. The van der Waals surface area contributed by atoms with E-state index in [2.05, 4.69) is 27.8 Å². The van der Waals surface area contributed by atoms with E-state index in [1.807, 2.05) is 12.1 Å². The van der Waals surface area contributed by atoms with Crippen molar-refractivity contribution in [1.29, 1.82) is 0 Å². The van der Waals surface area contributed by atoms with Crippen molar-refractivity contribution in [2.75, 3.05) is 0 Å². The van der Waals surface area contributed by atoms with Crippen LogP contribution in [0.25, 0.3) is 0 Å². The molecule has 2 aromatic carbocycles. The molecule has 0 spiro atoms. The Bertz CT molecular complexity index is 682. The molecule has 0 aromatic heterocycles. The minimum Gasteiger partial charge on any atom is -0.507 e. The van der Waals surface area contributed by atoms with Crippen molar-refractivity contribution in [2.24, 2.45) is 0 Å². The average molecular weight is 336 g/mol. The molecule has 0 atom stereocenters. The van der Waals surface area contributed by atoms with Crippen LogP contribution in [0.5, 0.6) is 5.75 Å². The van der Waals surface area contributed by atoms with Gasteiger partial charge in [-0.2, -0.15) is 0 Å². The predicted molar refractivity (Wildman–Crippen MR) is 78.5 cm³/mol. The van der Waals surface area contributed by atoms with E-state index in [0.717, 1.165) is 10.0 Å². The summed E-state index contributed by atoms with van der Waals surface area (Å²) >= 11 is 9.10. The molecule has 0 heterocycles. The quantitative estimate of drug-likeness (QED) is 0.631. The van der Waals surface area contributed by atoms with Crippen LogP contribution in [-0.4, -0.2) is 10.9 Å². The summed E-state index contributed by atoms with van der Waals surface area (Å²) in [7, 11) is 0. The first-order chi connectivity index (χ1) is 9.06. The summed E-state index contributed by atoms with van der Waals surface area (Å²) in [5.74, 6) is 4.63. The highest BCUT2D eigenvalue weighted by Crippen LogP contribution is 2.21. The van der Waals surface area contributed by atoms with Gasteiger partial charge in [0.15, 0.2) is 0 Å². The van der Waals surface area contributed by atoms with Crippen molar-refractivity contribution in [3.05, 3.63) is 63.1 Å². The van der Waals surface area contributed by atoms with E-state index in [4.69, 9.17) is 11.6 Å². The number of hydrogen-bond acceptors (Lipinski definition) is 2. The lowest BCUT2D eigenvalue weighted by Crippen LogP contribution is -1.95. The molecule has 0 amide bonds. The number of Topliss-reactive ketones (excluding diaryl/α,β-unsaturated/α-hetero) is 1. The van der Waals surface area contributed by atoms with E-state index in [0.29, 0.717) is 5.02 Å². The van der Waals surface area contributed by atoms with Crippen molar-refractivity contribution < 1.29 is 9.90 Å². The predicted octanol–water partition coefficient (Wildman–Crippen LogP) is 4.04. The summed E-state index contributed by atoms with van der Waals surface area (Å²) in [6.07, 6.45) is 0. The second-order valence-electron chi connectivity index (χ2n) is 3.75. The van der Waals surface area contributed by atoms with Crippen LogP contribution in [-0.2, 0) is 0 Å². The summed E-state index contributed by atoms with van der Waals surface area (Å²) in [5, 5.41) is 9.97. The first kappa shape index (κ1) is 13.7. The molecule has 0 saturated heterocycles. The number of benzene rings is 2. The SMILES string of the molecule is O=C(C#Cc1ccc(Br)cc1)c1cc(Cl)ccc1O. The fraction of sp³-hybridized carbons (Fsp3) is 0. The summed E-state index contributed by atoms with van der Waals surface area (Å²) in [4.78, 5) is 11.9. The van der Waals surface area contributed by atoms with E-state index in [-0.39, 0.29) is 11.3 Å². The first-order valence-electron chi connectivity index (χ1n) is 5.37. The molecular weight excluding hydrogens is 328 g/mol. The Morgan fingerprint density at radius 2 is 1.84 bits per heavy atom. The van der Waals surface area contributed by atoms with Gasteiger partial charge < -0.3 is 5.11 Å². The number of hydrogen-bond donors (Lipinski definition) is 1. The Kier molecular flexibility index (Phi) is 4.26. The Balaban J connectivity index is 2.27. The van der Waals surface area contributed by atoms with Gasteiger partial charge in [0, 0.05) is 15.1 Å². The zero-order chi connectivity index (χ0) is 13.8. The zero-order valence-corrected chi connectivity index (χ0v) is 12.0. The Morgan fingerprint density at radius 3 is 2.53 bits per heavy atom. The molecule has 0 fully saturated rings. The van der Waals surface area contributed by atoms with Gasteiger partial charge in [-0.3, -0.25) is 4.79 Å². The number of phenolic OH excluding ortho intramolecular Hbond substituents is 1. The van der Waals surface area contributed by atoms with Gasteiger partial charge in [-0.1, -0.05) is 33.5 Å². The molecule has 4 heteroatoms. The Morgan fingerprint density at radius 1 is 1.16 bits per heavy atom. The molecule has 94 valence electrons. The number of carbonyl (C=O) groups excluding carboxylic acids is 1. The lowest BCUT2D eigenvalue weighted by atomic mass is 10.1. The lowest BCUT2D eigenvalue weighted by molar-refractivity contribution is 0.105. The molecule has 0 unspecified atom stereocenters. The van der Waals surface area contributed by atoms with Crippen molar-refractivity contribution in [2.45, 2.75) is 0 Å². The first-order valence-corrected chi connectivity index (χ1v) is 6.54. The summed E-state index contributed by atoms with van der Waals surface area (Å²) in [6.45, 7) is 0. The van der Waals surface area contributed by atoms with Crippen LogP contribution in [0.15, 0.2) is 46.9 Å². The van der Waals surface area contributed by atoms with Crippen LogP contribution in [0.3, 0.4) is 0 Å². The number of phenols is 1. The van der Waals surface area contributed by atoms with Gasteiger partial charge in [0.05, 0.1) is 5.56 Å². The number of carbonyl (C=O) groups is 1. The topological polar surface area (TPSA) is 37.3 Å². The number of aromatic hydroxyl groups is 1. The van der Waals surface area contributed by atoms with Gasteiger partial charge in [-0.05, 0) is 48.4 Å². The van der Waals surface area contributed by atoms with Crippen LogP contribution in [0.2, 0.25) is 5.02 Å². The molecule has 1 N–H and O–H groups in total. The third-order valence-corrected chi connectivity index (χ3v) is 3.13. The minimum atomic E-state index is -0.470. The highest BCUT2D eigenvalue weighted by molar-refractivity contribution is 9.10. The van der Waals surface area contributed by atoms with Crippen molar-refractivity contribution in [3.8, 4) is 17.6 Å². The minimum absolute atomic E-state index is 0.108. The Labute approximate surface area is 124 Å². The highest BCUT2D eigenvalue weighted by Gasteiger charge is 2.08. The maximum atomic E-state index is 11.9. The molecule has 0 aliphatic rings. The van der Waals surface area contributed by atoms with Crippen LogP contribution in [0.4, 0.5) is 0 Å². The molecule has 0 aliphatic carbocycles. The summed E-state index contributed by atoms with van der Waals surface area (Å²) < 4.78 is 0.942. The Hall–Kier alpha value is -1.76. The van der Waals surface area contributed by atoms with Crippen molar-refractivity contribution in [3.63, 3.8) is 0 Å². The third-order valence-electron chi connectivity index (χ3n) is 2.37. The largest absolute Gasteiger partial charge is 0.507 e. The van der Waals surface area contributed by atoms with E-state index in [1.54, 1.807) is 12.1 Å². The summed E-state index contributed by atoms with van der Waals surface area (Å²) in [5.41, 5.74) is 0.829. The van der Waals surface area contributed by atoms with Crippen LogP contribution < -0.4 is 0 Å². The van der Waals surface area contributed by atoms with Crippen LogP contribution in [0, 0.1) is 11.8 Å². The molecule has 2 rings (SSSR count). The number of rotatable bonds is 1. The normalized spacial score (nSPS) is 9.58. The van der Waals surface area contributed by atoms with Crippen molar-refractivity contribution >= 4 is 33.3 Å². The zero-order valence-electron chi connectivity index (χ0n) is 9.65. The molecule has 0 aliphatic heterocycles. The van der Waals surface area contributed by atoms with Gasteiger partial charge in [0.25, 0.3) is 0 Å². The molecule has 2 aromatic rings. The van der Waals surface area contributed by atoms with Gasteiger partial charge in [0.2, 0.25) is 5.78 Å². The molecule has 2 nitrogen and oxygen atoms in total. The van der Waals surface area contributed by atoms with Crippen molar-refractivity contribution in [1.82, 2.24) is 0 Å². The monoisotopic (exact) mass is 334 g/mol. The molecule has 19 heavy (non-hydrogen) atoms. The average Bonchev–Trinajstić information content (AvgIpc) is 2.40. The molecule has 0 radical (unpaired) electrons. The lowest BCUT2D eigenvalue weighted by Gasteiger charge is -1.99. The van der Waals surface area contributed by atoms with Crippen LogP contribution in [0.1, 0.15) is 15.9 Å². The van der Waals surface area contributed by atoms with Crippen LogP contribution >= 0.6 is 27.5 Å². The smallest absolute Gasteiger partial charge is 0.240 e. The molecule has 0 bridgehead atoms. The third kappa shape index (κ3) is 3.60. The van der Waals surface area contributed by atoms with E-state index in [1.165, 1.54) is 18.2 Å². The maximum Gasteiger partial charge on any atom is 0.240 e. The molecule has 0 saturated carbocycles. The molecular formula is C15H8BrClO2. The van der Waals surface area contributed by atoms with E-state index < -0.39 is 5.78 Å². The van der Waals surface area contributed by atoms with E-state index >= 15 is 0 Å². The number of halogens is 2. The van der Waals surface area contributed by atoms with Gasteiger partial charge in [-0.25, -0.2) is 0 Å². The highest BCUT2D eigenvalue weighted by atomic mass is 79.9. The van der Waals surface area contributed by atoms with Gasteiger partial charge >= 0.3 is 0 Å².